The van der Waals surface area contributed by atoms with Gasteiger partial charge in [-0.2, -0.15) is 0 Å². The Labute approximate surface area is 333 Å². The molecule has 3 heterocycles. The summed E-state index contributed by atoms with van der Waals surface area (Å²) in [6.45, 7) is 11.3. The number of aliphatic hydroxyl groups excluding tert-OH is 2. The minimum absolute atomic E-state index is 0.000914. The Morgan fingerprint density at radius 1 is 0.911 bits per heavy atom. The van der Waals surface area contributed by atoms with E-state index in [1.54, 1.807) is 21.0 Å². The number of nitrogens with zero attached hydrogens (tertiary/aromatic N) is 1. The third-order valence-corrected chi connectivity index (χ3v) is 12.9. The molecule has 1 saturated carbocycles. The van der Waals surface area contributed by atoms with Crippen LogP contribution in [0.2, 0.25) is 0 Å². The van der Waals surface area contributed by atoms with E-state index in [0.717, 1.165) is 5.57 Å². The minimum atomic E-state index is -2.50. The molecule has 2 bridgehead atoms. The standard InChI is InChI=1S/C43H69NO12/c1-10-30-18-24(2)17-25(3)19-36(53-8)39-37(54-9)21-27(5)43(51,56-39)40(48)41(49)44-16-12-11-13-31(44)42(50)55-38(28(6)33(46)23-34(30)47)26(4)20-29-14-15-32(45)35(22-29)52-7/h18,20,25,27-33,35-39,45-46,51H,10-17,19,21-23H2,1-9H3/b24-18+,26-20+/t25-,27+,28+,29+,30+,31-,32-,33-,35+,36+,37-,38+,39+,43+/m0/s1. The second-order valence-corrected chi connectivity index (χ2v) is 17.2. The second-order valence-electron chi connectivity index (χ2n) is 17.2. The van der Waals surface area contributed by atoms with Gasteiger partial charge < -0.3 is 43.9 Å². The largest absolute Gasteiger partial charge is 0.456 e. The molecule has 0 aromatic heterocycles. The third kappa shape index (κ3) is 10.7. The zero-order valence-corrected chi connectivity index (χ0v) is 35.1. The van der Waals surface area contributed by atoms with Gasteiger partial charge in [0, 0.05) is 52.0 Å². The third-order valence-electron chi connectivity index (χ3n) is 12.9. The van der Waals surface area contributed by atoms with Gasteiger partial charge in [0.05, 0.1) is 30.5 Å². The molecule has 318 valence electrons. The van der Waals surface area contributed by atoms with Crippen LogP contribution in [0.4, 0.5) is 0 Å². The molecule has 13 nitrogen and oxygen atoms in total. The van der Waals surface area contributed by atoms with Crippen LogP contribution in [0.25, 0.3) is 0 Å². The summed E-state index contributed by atoms with van der Waals surface area (Å²) in [4.78, 5) is 57.6. The topological polar surface area (TPSA) is 178 Å². The van der Waals surface area contributed by atoms with E-state index in [9.17, 15) is 34.5 Å². The summed E-state index contributed by atoms with van der Waals surface area (Å²) in [5.41, 5.74) is 1.66. The van der Waals surface area contributed by atoms with Crippen molar-refractivity contribution in [1.29, 1.82) is 0 Å². The number of fused-ring (bicyclic) bond motifs is 3. The smallest absolute Gasteiger partial charge is 0.329 e. The Balaban J connectivity index is 1.76. The fraction of sp³-hybridized carbons (Fsp3) is 0.814. The first-order chi connectivity index (χ1) is 26.5. The van der Waals surface area contributed by atoms with Crippen LogP contribution in [0.3, 0.4) is 0 Å². The number of piperidine rings is 1. The number of ether oxygens (including phenoxy) is 5. The highest BCUT2D eigenvalue weighted by atomic mass is 16.7. The lowest BCUT2D eigenvalue weighted by molar-refractivity contribution is -0.302. The molecule has 13 heteroatoms. The Kier molecular flexibility index (Phi) is 16.9. The van der Waals surface area contributed by atoms with Crippen molar-refractivity contribution < 1.29 is 58.2 Å². The van der Waals surface area contributed by atoms with Crippen LogP contribution >= 0.6 is 0 Å². The molecule has 56 heavy (non-hydrogen) atoms. The van der Waals surface area contributed by atoms with Gasteiger partial charge in [-0.3, -0.25) is 14.4 Å². The highest BCUT2D eigenvalue weighted by molar-refractivity contribution is 6.39. The van der Waals surface area contributed by atoms with E-state index in [1.807, 2.05) is 32.9 Å². The number of hydrogen-bond donors (Lipinski definition) is 3. The summed E-state index contributed by atoms with van der Waals surface area (Å²) in [6.07, 6.45) is 3.72. The van der Waals surface area contributed by atoms with Crippen molar-refractivity contribution in [3.05, 3.63) is 23.3 Å². The zero-order valence-electron chi connectivity index (χ0n) is 35.1. The average Bonchev–Trinajstić information content (AvgIpc) is 3.18. The highest BCUT2D eigenvalue weighted by Crippen LogP contribution is 2.39. The summed E-state index contributed by atoms with van der Waals surface area (Å²) in [5, 5.41) is 34.1. The number of allylic oxidation sites excluding steroid dienone is 3. The zero-order chi connectivity index (χ0) is 41.5. The maximum Gasteiger partial charge on any atom is 0.329 e. The maximum absolute atomic E-state index is 14.3. The summed E-state index contributed by atoms with van der Waals surface area (Å²) >= 11 is 0. The second kappa shape index (κ2) is 20.4. The molecule has 3 fully saturated rings. The molecule has 4 aliphatic rings. The lowest BCUT2D eigenvalue weighted by Crippen LogP contribution is -2.64. The van der Waals surface area contributed by atoms with E-state index >= 15 is 0 Å². The van der Waals surface area contributed by atoms with Crippen LogP contribution in [0, 0.1) is 29.6 Å². The summed E-state index contributed by atoms with van der Waals surface area (Å²) in [5.74, 6) is -7.50. The number of methoxy groups -OCH3 is 3. The number of aliphatic hydroxyl groups is 3. The van der Waals surface area contributed by atoms with Gasteiger partial charge in [-0.05, 0) is 95.5 Å². The monoisotopic (exact) mass is 791 g/mol. The number of hydrogen-bond acceptors (Lipinski definition) is 12. The van der Waals surface area contributed by atoms with Gasteiger partial charge in [0.2, 0.25) is 5.79 Å². The van der Waals surface area contributed by atoms with Crippen molar-refractivity contribution in [2.45, 2.75) is 167 Å². The van der Waals surface area contributed by atoms with Gasteiger partial charge in [-0.1, -0.05) is 45.4 Å². The Bertz CT molecular complexity index is 1430. The predicted octanol–water partition coefficient (Wildman–Crippen LogP) is 4.47. The first-order valence-corrected chi connectivity index (χ1v) is 20.8. The number of cyclic esters (lactones) is 1. The molecule has 1 amide bonds. The number of carbonyl (C=O) groups excluding carboxylic acids is 4. The van der Waals surface area contributed by atoms with E-state index in [4.69, 9.17) is 23.7 Å². The molecule has 1 aliphatic carbocycles. The van der Waals surface area contributed by atoms with E-state index < -0.39 is 83.9 Å². The van der Waals surface area contributed by atoms with Gasteiger partial charge in [-0.15, -0.1) is 0 Å². The van der Waals surface area contributed by atoms with E-state index in [0.29, 0.717) is 56.9 Å². The molecule has 3 aliphatic heterocycles. The quantitative estimate of drug-likeness (QED) is 0.196. The normalized spacial score (nSPS) is 41.6. The molecule has 2 saturated heterocycles. The molecular weight excluding hydrogens is 722 g/mol. The van der Waals surface area contributed by atoms with Crippen LogP contribution in [0.5, 0.6) is 0 Å². The van der Waals surface area contributed by atoms with Crippen molar-refractivity contribution in [3.63, 3.8) is 0 Å². The van der Waals surface area contributed by atoms with E-state index in [2.05, 4.69) is 6.92 Å². The molecular formula is C43H69NO12. The van der Waals surface area contributed by atoms with Crippen LogP contribution < -0.4 is 0 Å². The molecule has 0 radical (unpaired) electrons. The average molecular weight is 792 g/mol. The first-order valence-electron chi connectivity index (χ1n) is 20.8. The number of esters is 1. The van der Waals surface area contributed by atoms with Crippen LogP contribution in [-0.2, 0) is 42.9 Å². The van der Waals surface area contributed by atoms with Crippen LogP contribution in [0.15, 0.2) is 23.3 Å². The predicted molar refractivity (Wildman–Crippen MR) is 208 cm³/mol. The number of carbonyl (C=O) groups is 4. The lowest BCUT2D eigenvalue weighted by Gasteiger charge is -2.47. The SMILES string of the molecule is CC[C@@H]1/C=C(\C)C[C@H](C)C[C@@H](OC)[C@H]2O[C@@](O)(C(=O)C(=O)N3CCCC[C@H]3C(=O)O[C@H](/C(C)=C/[C@H]3CC[C@H](O)[C@H](OC)C3)[C@H](C)[C@@H](O)CC1=O)[C@H](C)C[C@@H]2OC. The number of ketones is 2. The van der Waals surface area contributed by atoms with Crippen molar-refractivity contribution in [3.8, 4) is 0 Å². The Morgan fingerprint density at radius 2 is 1.57 bits per heavy atom. The van der Waals surface area contributed by atoms with Gasteiger partial charge in [0.25, 0.3) is 11.7 Å². The van der Waals surface area contributed by atoms with E-state index in [1.165, 1.54) is 19.1 Å². The number of Topliss-reactive ketones (excluding diaryl/α,β-unsaturated/α-hetero) is 2. The van der Waals surface area contributed by atoms with Crippen LogP contribution in [0.1, 0.15) is 112 Å². The van der Waals surface area contributed by atoms with Gasteiger partial charge in [-0.25, -0.2) is 4.79 Å². The molecule has 0 aromatic carbocycles. The Hall–Kier alpha value is -2.52. The first kappa shape index (κ1) is 46.2. The van der Waals surface area contributed by atoms with Crippen molar-refractivity contribution in [1.82, 2.24) is 4.90 Å². The maximum atomic E-state index is 14.3. The van der Waals surface area contributed by atoms with Crippen molar-refractivity contribution in [2.75, 3.05) is 27.9 Å². The number of amides is 1. The molecule has 0 spiro atoms. The minimum Gasteiger partial charge on any atom is -0.456 e. The summed E-state index contributed by atoms with van der Waals surface area (Å²) < 4.78 is 29.7. The molecule has 4 rings (SSSR count). The molecule has 14 atom stereocenters. The lowest BCUT2D eigenvalue weighted by atomic mass is 9.81. The fourth-order valence-corrected chi connectivity index (χ4v) is 9.39. The van der Waals surface area contributed by atoms with Gasteiger partial charge >= 0.3 is 5.97 Å². The molecule has 3 N–H and O–H groups in total. The number of rotatable bonds is 6. The summed E-state index contributed by atoms with van der Waals surface area (Å²) in [6, 6.07) is -1.13. The van der Waals surface area contributed by atoms with Gasteiger partial charge in [0.1, 0.15) is 24.0 Å². The fourth-order valence-electron chi connectivity index (χ4n) is 9.39. The van der Waals surface area contributed by atoms with E-state index in [-0.39, 0.29) is 49.5 Å². The molecule has 0 aromatic rings. The molecule has 0 unspecified atom stereocenters. The summed E-state index contributed by atoms with van der Waals surface area (Å²) in [7, 11) is 4.63. The van der Waals surface area contributed by atoms with Crippen LogP contribution in [-0.4, -0.2) is 126 Å². The van der Waals surface area contributed by atoms with Gasteiger partial charge in [0.15, 0.2) is 0 Å². The highest BCUT2D eigenvalue weighted by Gasteiger charge is 2.56. The van der Waals surface area contributed by atoms with Crippen molar-refractivity contribution >= 4 is 23.4 Å². The Morgan fingerprint density at radius 3 is 2.21 bits per heavy atom. The van der Waals surface area contributed by atoms with Crippen molar-refractivity contribution in [2.24, 2.45) is 29.6 Å².